The van der Waals surface area contributed by atoms with Crippen molar-refractivity contribution in [1.29, 1.82) is 5.41 Å². The number of allylic oxidation sites excluding steroid dienone is 1. The lowest BCUT2D eigenvalue weighted by Crippen LogP contribution is -2.10. The average Bonchev–Trinajstić information content (AvgIpc) is 2.94. The summed E-state index contributed by atoms with van der Waals surface area (Å²) in [6.07, 6.45) is 6.43. The number of hydrogen-bond donors (Lipinski definition) is 3. The number of nitrogens with zero attached hydrogens (tertiary/aromatic N) is 2. The van der Waals surface area contributed by atoms with Gasteiger partial charge in [0.15, 0.2) is 0 Å². The van der Waals surface area contributed by atoms with Crippen LogP contribution in [0.25, 0.3) is 16.7 Å². The molecule has 0 unspecified atom stereocenters. The van der Waals surface area contributed by atoms with E-state index in [0.717, 1.165) is 5.69 Å². The molecule has 0 fully saturated rings. The van der Waals surface area contributed by atoms with Crippen LogP contribution in [0.2, 0.25) is 0 Å². The van der Waals surface area contributed by atoms with E-state index in [9.17, 15) is 4.79 Å². The largest absolute Gasteiger partial charge is 0.394 e. The van der Waals surface area contributed by atoms with E-state index >= 15 is 0 Å². The van der Waals surface area contributed by atoms with E-state index in [0.29, 0.717) is 16.6 Å². The van der Waals surface area contributed by atoms with Gasteiger partial charge in [0, 0.05) is 24.5 Å². The number of benzene rings is 1. The van der Waals surface area contributed by atoms with Gasteiger partial charge in [-0.25, -0.2) is 4.98 Å². The van der Waals surface area contributed by atoms with Gasteiger partial charge in [-0.3, -0.25) is 4.79 Å². The van der Waals surface area contributed by atoms with Crippen molar-refractivity contribution in [2.75, 3.05) is 7.05 Å². The minimum atomic E-state index is -0.231. The molecule has 22 heavy (non-hydrogen) atoms. The second kappa shape index (κ2) is 5.69. The zero-order valence-corrected chi connectivity index (χ0v) is 12.0. The van der Waals surface area contributed by atoms with Crippen LogP contribution in [0.4, 0.5) is 0 Å². The first kappa shape index (κ1) is 13.8. The molecule has 0 bridgehead atoms. The molecule has 3 aromatic rings. The third-order valence-electron chi connectivity index (χ3n) is 3.32. The van der Waals surface area contributed by atoms with Crippen molar-refractivity contribution in [2.45, 2.75) is 0 Å². The summed E-state index contributed by atoms with van der Waals surface area (Å²) in [7, 11) is 1.76. The van der Waals surface area contributed by atoms with Crippen molar-refractivity contribution < 1.29 is 0 Å². The second-order valence-electron chi connectivity index (χ2n) is 4.71. The van der Waals surface area contributed by atoms with Gasteiger partial charge in [0.25, 0.3) is 5.56 Å². The van der Waals surface area contributed by atoms with E-state index in [2.05, 4.69) is 15.3 Å². The molecule has 0 saturated heterocycles. The third kappa shape index (κ3) is 2.31. The smallest absolute Gasteiger partial charge is 0.275 e. The topological polar surface area (TPSA) is 86.6 Å². The summed E-state index contributed by atoms with van der Waals surface area (Å²) >= 11 is 0. The number of rotatable bonds is 4. The molecule has 1 aromatic carbocycles. The molecule has 0 amide bonds. The van der Waals surface area contributed by atoms with Gasteiger partial charge in [-0.05, 0) is 24.4 Å². The summed E-state index contributed by atoms with van der Waals surface area (Å²) in [4.78, 5) is 19.0. The lowest BCUT2D eigenvalue weighted by molar-refractivity contribution is 1.08. The van der Waals surface area contributed by atoms with Crippen LogP contribution < -0.4 is 10.9 Å². The fourth-order valence-corrected chi connectivity index (χ4v) is 2.31. The summed E-state index contributed by atoms with van der Waals surface area (Å²) in [6.45, 7) is 0. The van der Waals surface area contributed by atoms with Crippen molar-refractivity contribution >= 4 is 16.7 Å². The van der Waals surface area contributed by atoms with Gasteiger partial charge in [-0.15, -0.1) is 0 Å². The molecule has 110 valence electrons. The number of fused-ring (bicyclic) bond motifs is 1. The van der Waals surface area contributed by atoms with Crippen LogP contribution in [0.3, 0.4) is 0 Å². The lowest BCUT2D eigenvalue weighted by atomic mass is 10.2. The van der Waals surface area contributed by atoms with E-state index in [4.69, 9.17) is 5.41 Å². The number of nitrogens with one attached hydrogen (secondary N) is 3. The number of aromatic nitrogens is 3. The first-order chi connectivity index (χ1) is 10.7. The molecule has 0 spiro atoms. The number of hydrogen-bond acceptors (Lipinski definition) is 4. The van der Waals surface area contributed by atoms with Gasteiger partial charge in [0.1, 0.15) is 11.0 Å². The minimum absolute atomic E-state index is 0.231. The van der Waals surface area contributed by atoms with Gasteiger partial charge < -0.3 is 20.3 Å². The van der Waals surface area contributed by atoms with E-state index in [-0.39, 0.29) is 11.3 Å². The molecule has 0 atom stereocenters. The van der Waals surface area contributed by atoms with Crippen LogP contribution in [0.15, 0.2) is 59.9 Å². The van der Waals surface area contributed by atoms with Crippen LogP contribution in [0.1, 0.15) is 5.56 Å². The van der Waals surface area contributed by atoms with Crippen LogP contribution in [0.5, 0.6) is 0 Å². The number of H-pyrrole nitrogens is 1. The normalized spacial score (nSPS) is 11.1. The van der Waals surface area contributed by atoms with Crippen LogP contribution in [-0.4, -0.2) is 27.3 Å². The summed E-state index contributed by atoms with van der Waals surface area (Å²) in [6, 6.07) is 9.52. The predicted molar refractivity (Wildman–Crippen MR) is 86.7 cm³/mol. The van der Waals surface area contributed by atoms with Crippen molar-refractivity contribution in [2.24, 2.45) is 0 Å². The molecule has 6 nitrogen and oxygen atoms in total. The fourth-order valence-electron chi connectivity index (χ4n) is 2.31. The van der Waals surface area contributed by atoms with Gasteiger partial charge >= 0.3 is 0 Å². The predicted octanol–water partition coefficient (Wildman–Crippen LogP) is 1.81. The standard InChI is InChI=1S/C16H15N5O/c1-18-8-7-13(17)12-9-21(11-5-3-2-4-6-11)15-14(12)19-10-20-16(15)22/h2-10,17-18H,1H3,(H,19,20,22)/b8-7-,17-13?. The molecule has 3 rings (SSSR count). The molecule has 0 aliphatic carbocycles. The molecule has 0 aliphatic rings. The van der Waals surface area contributed by atoms with E-state index in [1.807, 2.05) is 30.3 Å². The van der Waals surface area contributed by atoms with Crippen molar-refractivity contribution in [3.05, 3.63) is 71.0 Å². The Kier molecular flexibility index (Phi) is 3.57. The molecule has 0 radical (unpaired) electrons. The van der Waals surface area contributed by atoms with Gasteiger partial charge in [0.2, 0.25) is 0 Å². The Morgan fingerprint density at radius 3 is 2.86 bits per heavy atom. The Morgan fingerprint density at radius 2 is 2.14 bits per heavy atom. The van der Waals surface area contributed by atoms with Crippen LogP contribution in [-0.2, 0) is 0 Å². The first-order valence-electron chi connectivity index (χ1n) is 6.79. The molecule has 0 aliphatic heterocycles. The highest BCUT2D eigenvalue weighted by Crippen LogP contribution is 2.21. The first-order valence-corrected chi connectivity index (χ1v) is 6.79. The van der Waals surface area contributed by atoms with Gasteiger partial charge in [-0.2, -0.15) is 0 Å². The van der Waals surface area contributed by atoms with E-state index in [1.54, 1.807) is 30.1 Å². The van der Waals surface area contributed by atoms with Crippen LogP contribution in [0, 0.1) is 5.41 Å². The maximum absolute atomic E-state index is 12.2. The maximum atomic E-state index is 12.2. The average molecular weight is 293 g/mol. The highest BCUT2D eigenvalue weighted by molar-refractivity contribution is 6.13. The molecular formula is C16H15N5O. The maximum Gasteiger partial charge on any atom is 0.275 e. The number of aromatic amines is 1. The van der Waals surface area contributed by atoms with Gasteiger partial charge in [0.05, 0.1) is 12.0 Å². The van der Waals surface area contributed by atoms with E-state index in [1.165, 1.54) is 6.33 Å². The van der Waals surface area contributed by atoms with Crippen molar-refractivity contribution in [3.63, 3.8) is 0 Å². The molecular weight excluding hydrogens is 278 g/mol. The molecule has 0 saturated carbocycles. The molecule has 2 aromatic heterocycles. The summed E-state index contributed by atoms with van der Waals surface area (Å²) in [5.41, 5.74) is 2.46. The fraction of sp³-hybridized carbons (Fsp3) is 0.0625. The van der Waals surface area contributed by atoms with Crippen LogP contribution >= 0.6 is 0 Å². The summed E-state index contributed by atoms with van der Waals surface area (Å²) < 4.78 is 1.76. The minimum Gasteiger partial charge on any atom is -0.394 e. The summed E-state index contributed by atoms with van der Waals surface area (Å²) in [5, 5.41) is 11.0. The molecule has 6 heteroatoms. The summed E-state index contributed by atoms with van der Waals surface area (Å²) in [5.74, 6) is 0. The third-order valence-corrected chi connectivity index (χ3v) is 3.32. The number of para-hydroxylation sites is 1. The SMILES string of the molecule is CN/C=C\C(=N)c1cn(-c2ccccc2)c2c(=O)[nH]cnc12. The Morgan fingerprint density at radius 1 is 1.36 bits per heavy atom. The van der Waals surface area contributed by atoms with Crippen molar-refractivity contribution in [3.8, 4) is 5.69 Å². The Hall–Kier alpha value is -3.15. The van der Waals surface area contributed by atoms with Gasteiger partial charge in [-0.1, -0.05) is 18.2 Å². The monoisotopic (exact) mass is 293 g/mol. The zero-order valence-electron chi connectivity index (χ0n) is 12.0. The molecule has 2 heterocycles. The van der Waals surface area contributed by atoms with E-state index < -0.39 is 0 Å². The van der Waals surface area contributed by atoms with Crippen molar-refractivity contribution in [1.82, 2.24) is 19.9 Å². The Balaban J connectivity index is 2.28. The zero-order chi connectivity index (χ0) is 15.5. The highest BCUT2D eigenvalue weighted by Gasteiger charge is 2.15. The highest BCUT2D eigenvalue weighted by atomic mass is 16.1. The molecule has 3 N–H and O–H groups in total. The second-order valence-corrected chi connectivity index (χ2v) is 4.71. The lowest BCUT2D eigenvalue weighted by Gasteiger charge is -2.03. The Bertz CT molecular complexity index is 905. The quantitative estimate of drug-likeness (QED) is 0.641. The Labute approximate surface area is 126 Å².